The largest absolute Gasteiger partial charge is 0.488 e. The third-order valence-corrected chi connectivity index (χ3v) is 4.09. The van der Waals surface area contributed by atoms with Crippen molar-refractivity contribution < 1.29 is 14.6 Å². The molecule has 2 N–H and O–H groups in total. The lowest BCUT2D eigenvalue weighted by molar-refractivity contribution is 0.0937. The first-order chi connectivity index (χ1) is 11.7. The Labute approximate surface area is 152 Å². The normalized spacial score (nSPS) is 10.8. The van der Waals surface area contributed by atoms with Crippen molar-refractivity contribution in [3.05, 3.63) is 63.6 Å². The van der Waals surface area contributed by atoms with E-state index < -0.39 is 0 Å². The summed E-state index contributed by atoms with van der Waals surface area (Å²) in [6.45, 7) is 2.63. The summed E-state index contributed by atoms with van der Waals surface area (Å²) in [5, 5.41) is 13.1. The minimum absolute atomic E-state index is 0.0429. The number of hydrogen-bond acceptors (Lipinski definition) is 4. The van der Waals surface area contributed by atoms with Crippen LogP contribution in [0.2, 0.25) is 10.0 Å². The number of ether oxygens (including phenoxy) is 2. The van der Waals surface area contributed by atoms with Crippen molar-refractivity contribution in [1.82, 2.24) is 5.32 Å². The minimum Gasteiger partial charge on any atom is -0.488 e. The SMILES string of the molecule is OCCOCCNCc1ccccc1OCc1c(Cl)cccc1Cl. The van der Waals surface area contributed by atoms with Gasteiger partial charge in [-0.15, -0.1) is 0 Å². The van der Waals surface area contributed by atoms with Crippen LogP contribution in [0.1, 0.15) is 11.1 Å². The predicted octanol–water partition coefficient (Wildman–Crippen LogP) is 3.67. The molecule has 0 aliphatic rings. The number of halogens is 2. The van der Waals surface area contributed by atoms with Gasteiger partial charge in [0.05, 0.1) is 19.8 Å². The van der Waals surface area contributed by atoms with Crippen molar-refractivity contribution in [2.75, 3.05) is 26.4 Å². The van der Waals surface area contributed by atoms with Crippen LogP contribution in [0.5, 0.6) is 5.75 Å². The first kappa shape index (κ1) is 19.0. The summed E-state index contributed by atoms with van der Waals surface area (Å²) in [4.78, 5) is 0. The standard InChI is InChI=1S/C18H21Cl2NO3/c19-16-5-3-6-17(20)15(16)13-24-18-7-2-1-4-14(18)12-21-8-10-23-11-9-22/h1-7,21-22H,8-13H2. The lowest BCUT2D eigenvalue weighted by Gasteiger charge is -2.13. The minimum atomic E-state index is 0.0429. The summed E-state index contributed by atoms with van der Waals surface area (Å²) in [7, 11) is 0. The van der Waals surface area contributed by atoms with Crippen LogP contribution in [0, 0.1) is 0 Å². The van der Waals surface area contributed by atoms with Gasteiger partial charge < -0.3 is 19.9 Å². The van der Waals surface area contributed by atoms with Crippen LogP contribution in [0.25, 0.3) is 0 Å². The number of benzene rings is 2. The van der Waals surface area contributed by atoms with Crippen LogP contribution in [0.3, 0.4) is 0 Å². The summed E-state index contributed by atoms with van der Waals surface area (Å²) in [5.41, 5.74) is 1.82. The molecule has 2 aromatic carbocycles. The van der Waals surface area contributed by atoms with Gasteiger partial charge in [0.1, 0.15) is 12.4 Å². The predicted molar refractivity (Wildman–Crippen MR) is 96.8 cm³/mol. The molecule has 0 fully saturated rings. The summed E-state index contributed by atoms with van der Waals surface area (Å²) >= 11 is 12.3. The van der Waals surface area contributed by atoms with Gasteiger partial charge >= 0.3 is 0 Å². The molecule has 6 heteroatoms. The molecule has 0 saturated carbocycles. The highest BCUT2D eigenvalue weighted by Crippen LogP contribution is 2.27. The second-order valence-electron chi connectivity index (χ2n) is 5.11. The fraction of sp³-hybridized carbons (Fsp3) is 0.333. The third kappa shape index (κ3) is 5.96. The van der Waals surface area contributed by atoms with E-state index in [4.69, 9.17) is 37.8 Å². The van der Waals surface area contributed by atoms with Crippen molar-refractivity contribution >= 4 is 23.2 Å². The van der Waals surface area contributed by atoms with E-state index in [-0.39, 0.29) is 6.61 Å². The number of nitrogens with one attached hydrogen (secondary N) is 1. The molecule has 2 aromatic rings. The summed E-state index contributed by atoms with van der Waals surface area (Å²) < 4.78 is 11.1. The lowest BCUT2D eigenvalue weighted by atomic mass is 10.2. The summed E-state index contributed by atoms with van der Waals surface area (Å²) in [6.07, 6.45) is 0. The molecule has 0 aromatic heterocycles. The molecular formula is C18H21Cl2NO3. The van der Waals surface area contributed by atoms with Gasteiger partial charge in [0.15, 0.2) is 0 Å². The Bertz CT molecular complexity index is 617. The van der Waals surface area contributed by atoms with Crippen LogP contribution in [0.15, 0.2) is 42.5 Å². The van der Waals surface area contributed by atoms with Gasteiger partial charge in [0, 0.05) is 34.3 Å². The molecule has 0 radical (unpaired) electrons. The van der Waals surface area contributed by atoms with Crippen LogP contribution in [0.4, 0.5) is 0 Å². The second kappa shape index (κ2) is 10.5. The van der Waals surface area contributed by atoms with Crippen LogP contribution >= 0.6 is 23.2 Å². The Balaban J connectivity index is 1.89. The Morgan fingerprint density at radius 3 is 2.46 bits per heavy atom. The summed E-state index contributed by atoms with van der Waals surface area (Å²) in [6, 6.07) is 13.2. The number of hydrogen-bond donors (Lipinski definition) is 2. The van der Waals surface area contributed by atoms with Crippen molar-refractivity contribution in [2.24, 2.45) is 0 Å². The third-order valence-electron chi connectivity index (χ3n) is 3.38. The molecular weight excluding hydrogens is 349 g/mol. The van der Waals surface area contributed by atoms with E-state index >= 15 is 0 Å². The zero-order chi connectivity index (χ0) is 17.2. The molecule has 0 bridgehead atoms. The zero-order valence-electron chi connectivity index (χ0n) is 13.3. The van der Waals surface area contributed by atoms with Gasteiger partial charge in [-0.2, -0.15) is 0 Å². The fourth-order valence-electron chi connectivity index (χ4n) is 2.14. The van der Waals surface area contributed by atoms with Crippen LogP contribution in [-0.4, -0.2) is 31.5 Å². The van der Waals surface area contributed by atoms with Gasteiger partial charge in [-0.05, 0) is 18.2 Å². The van der Waals surface area contributed by atoms with Gasteiger partial charge in [-0.1, -0.05) is 47.5 Å². The molecule has 0 aliphatic heterocycles. The van der Waals surface area contributed by atoms with Gasteiger partial charge in [-0.25, -0.2) is 0 Å². The Morgan fingerprint density at radius 1 is 0.958 bits per heavy atom. The first-order valence-electron chi connectivity index (χ1n) is 7.75. The van der Waals surface area contributed by atoms with Crippen molar-refractivity contribution in [3.8, 4) is 5.75 Å². The van der Waals surface area contributed by atoms with E-state index in [9.17, 15) is 0 Å². The maximum absolute atomic E-state index is 8.65. The van der Waals surface area contributed by atoms with E-state index in [0.29, 0.717) is 43.0 Å². The highest BCUT2D eigenvalue weighted by atomic mass is 35.5. The van der Waals surface area contributed by atoms with Gasteiger partial charge in [-0.3, -0.25) is 0 Å². The average Bonchev–Trinajstić information content (AvgIpc) is 2.58. The zero-order valence-corrected chi connectivity index (χ0v) is 14.8. The Morgan fingerprint density at radius 2 is 1.71 bits per heavy atom. The second-order valence-corrected chi connectivity index (χ2v) is 5.92. The highest BCUT2D eigenvalue weighted by Gasteiger charge is 2.08. The van der Waals surface area contributed by atoms with E-state index in [1.807, 2.05) is 30.3 Å². The van der Waals surface area contributed by atoms with E-state index in [1.54, 1.807) is 12.1 Å². The molecule has 0 aliphatic carbocycles. The number of rotatable bonds is 10. The van der Waals surface area contributed by atoms with Crippen molar-refractivity contribution in [1.29, 1.82) is 0 Å². The molecule has 4 nitrogen and oxygen atoms in total. The smallest absolute Gasteiger partial charge is 0.124 e. The van der Waals surface area contributed by atoms with Gasteiger partial charge in [0.25, 0.3) is 0 Å². The fourth-order valence-corrected chi connectivity index (χ4v) is 2.65. The summed E-state index contributed by atoms with van der Waals surface area (Å²) in [5.74, 6) is 0.789. The Hall–Kier alpha value is -1.30. The number of para-hydroxylation sites is 1. The van der Waals surface area contributed by atoms with Crippen LogP contribution < -0.4 is 10.1 Å². The van der Waals surface area contributed by atoms with E-state index in [0.717, 1.165) is 16.9 Å². The molecule has 0 saturated heterocycles. The van der Waals surface area contributed by atoms with Crippen molar-refractivity contribution in [3.63, 3.8) is 0 Å². The van der Waals surface area contributed by atoms with E-state index in [2.05, 4.69) is 5.32 Å². The topological polar surface area (TPSA) is 50.7 Å². The van der Waals surface area contributed by atoms with Crippen LogP contribution in [-0.2, 0) is 17.9 Å². The molecule has 24 heavy (non-hydrogen) atoms. The molecule has 0 spiro atoms. The molecule has 0 heterocycles. The first-order valence-corrected chi connectivity index (χ1v) is 8.51. The van der Waals surface area contributed by atoms with Gasteiger partial charge in [0.2, 0.25) is 0 Å². The lowest BCUT2D eigenvalue weighted by Crippen LogP contribution is -2.20. The number of aliphatic hydroxyl groups excluding tert-OH is 1. The molecule has 2 rings (SSSR count). The maximum atomic E-state index is 8.65. The average molecular weight is 370 g/mol. The quantitative estimate of drug-likeness (QED) is 0.627. The molecule has 0 amide bonds. The molecule has 0 atom stereocenters. The molecule has 0 unspecified atom stereocenters. The Kier molecular flexibility index (Phi) is 8.36. The monoisotopic (exact) mass is 369 g/mol. The van der Waals surface area contributed by atoms with Crippen molar-refractivity contribution in [2.45, 2.75) is 13.2 Å². The number of aliphatic hydroxyl groups is 1. The van der Waals surface area contributed by atoms with E-state index in [1.165, 1.54) is 0 Å². The maximum Gasteiger partial charge on any atom is 0.124 e. The highest BCUT2D eigenvalue weighted by molar-refractivity contribution is 6.35. The molecule has 130 valence electrons.